The van der Waals surface area contributed by atoms with Crippen molar-refractivity contribution < 1.29 is 5.11 Å². The summed E-state index contributed by atoms with van der Waals surface area (Å²) in [5.74, 6) is 0.224. The first-order valence-corrected chi connectivity index (χ1v) is 5.42. The van der Waals surface area contributed by atoms with E-state index in [1.165, 1.54) is 0 Å². The van der Waals surface area contributed by atoms with E-state index in [9.17, 15) is 0 Å². The van der Waals surface area contributed by atoms with Gasteiger partial charge in [-0.1, -0.05) is 0 Å². The summed E-state index contributed by atoms with van der Waals surface area (Å²) in [6.07, 6.45) is 3.38. The van der Waals surface area contributed by atoms with Crippen LogP contribution in [0.5, 0.6) is 5.75 Å². The molecule has 0 aliphatic carbocycles. The van der Waals surface area contributed by atoms with Crippen molar-refractivity contribution in [2.24, 2.45) is 0 Å². The van der Waals surface area contributed by atoms with Crippen molar-refractivity contribution in [1.82, 2.24) is 4.98 Å². The topological polar surface area (TPSA) is 57.2 Å². The number of nitrogens with one attached hydrogen (secondary N) is 2. The second-order valence-electron chi connectivity index (χ2n) is 3.37. The predicted octanol–water partition coefficient (Wildman–Crippen LogP) is 2.60. The molecular formula is C12H11N3OS. The second kappa shape index (κ2) is 5.27. The lowest BCUT2D eigenvalue weighted by Crippen LogP contribution is -2.18. The molecule has 0 aliphatic heterocycles. The van der Waals surface area contributed by atoms with E-state index in [0.717, 1.165) is 11.4 Å². The molecule has 1 aromatic carbocycles. The molecule has 4 nitrogen and oxygen atoms in total. The van der Waals surface area contributed by atoms with Gasteiger partial charge in [-0.3, -0.25) is 4.98 Å². The van der Waals surface area contributed by atoms with Gasteiger partial charge in [-0.15, -0.1) is 0 Å². The normalized spacial score (nSPS) is 9.65. The minimum absolute atomic E-state index is 0.224. The zero-order valence-corrected chi connectivity index (χ0v) is 9.74. The molecule has 0 bridgehead atoms. The zero-order chi connectivity index (χ0) is 12.1. The first-order chi connectivity index (χ1) is 8.24. The molecule has 2 rings (SSSR count). The maximum atomic E-state index is 9.14. The van der Waals surface area contributed by atoms with Gasteiger partial charge in [0.15, 0.2) is 5.11 Å². The van der Waals surface area contributed by atoms with Gasteiger partial charge in [-0.05, 0) is 48.6 Å². The van der Waals surface area contributed by atoms with Crippen LogP contribution in [0.3, 0.4) is 0 Å². The Balaban J connectivity index is 1.96. The van der Waals surface area contributed by atoms with Crippen LogP contribution in [0, 0.1) is 0 Å². The van der Waals surface area contributed by atoms with E-state index in [-0.39, 0.29) is 5.75 Å². The number of nitrogens with zero attached hydrogens (tertiary/aromatic N) is 1. The van der Waals surface area contributed by atoms with Gasteiger partial charge in [-0.25, -0.2) is 0 Å². The Hall–Kier alpha value is -2.14. The number of hydrogen-bond donors (Lipinski definition) is 3. The van der Waals surface area contributed by atoms with Gasteiger partial charge < -0.3 is 15.7 Å². The van der Waals surface area contributed by atoms with E-state index in [1.54, 1.807) is 36.7 Å². The van der Waals surface area contributed by atoms with E-state index in [4.69, 9.17) is 17.3 Å². The number of pyridine rings is 1. The molecule has 0 aliphatic rings. The number of hydrogen-bond acceptors (Lipinski definition) is 3. The van der Waals surface area contributed by atoms with Crippen LogP contribution in [0.15, 0.2) is 48.8 Å². The van der Waals surface area contributed by atoms with Gasteiger partial charge in [0.05, 0.1) is 11.9 Å². The summed E-state index contributed by atoms with van der Waals surface area (Å²) in [4.78, 5) is 3.97. The standard InChI is InChI=1S/C12H11N3OS/c16-11-5-3-9(4-6-11)14-12(17)15-10-2-1-7-13-8-10/h1-8,16H,(H2,14,15,17). The predicted molar refractivity (Wildman–Crippen MR) is 72.2 cm³/mol. The molecule has 0 saturated heterocycles. The lowest BCUT2D eigenvalue weighted by Gasteiger charge is -2.09. The lowest BCUT2D eigenvalue weighted by molar-refractivity contribution is 0.475. The second-order valence-corrected chi connectivity index (χ2v) is 3.78. The van der Waals surface area contributed by atoms with Gasteiger partial charge >= 0.3 is 0 Å². The van der Waals surface area contributed by atoms with Crippen LogP contribution in [0.1, 0.15) is 0 Å². The monoisotopic (exact) mass is 245 g/mol. The highest BCUT2D eigenvalue weighted by atomic mass is 32.1. The summed E-state index contributed by atoms with van der Waals surface area (Å²) in [7, 11) is 0. The van der Waals surface area contributed by atoms with Crippen molar-refractivity contribution >= 4 is 28.7 Å². The number of thiocarbonyl (C=S) groups is 1. The Morgan fingerprint density at radius 2 is 1.76 bits per heavy atom. The molecule has 3 N–H and O–H groups in total. The number of benzene rings is 1. The van der Waals surface area contributed by atoms with Crippen LogP contribution in [0.25, 0.3) is 0 Å². The Bertz CT molecular complexity index is 499. The largest absolute Gasteiger partial charge is 0.508 e. The van der Waals surface area contributed by atoms with Crippen molar-refractivity contribution in [2.45, 2.75) is 0 Å². The first kappa shape index (κ1) is 11.3. The minimum Gasteiger partial charge on any atom is -0.508 e. The molecule has 0 atom stereocenters. The van der Waals surface area contributed by atoms with Crippen LogP contribution < -0.4 is 10.6 Å². The highest BCUT2D eigenvalue weighted by molar-refractivity contribution is 7.80. The molecular weight excluding hydrogens is 234 g/mol. The number of phenols is 1. The Morgan fingerprint density at radius 3 is 2.41 bits per heavy atom. The highest BCUT2D eigenvalue weighted by Crippen LogP contribution is 2.14. The molecule has 0 radical (unpaired) electrons. The average Bonchev–Trinajstić information content (AvgIpc) is 2.33. The minimum atomic E-state index is 0.224. The third-order valence-electron chi connectivity index (χ3n) is 2.04. The quantitative estimate of drug-likeness (QED) is 0.561. The fraction of sp³-hybridized carbons (Fsp3) is 0. The van der Waals surface area contributed by atoms with E-state index in [0.29, 0.717) is 5.11 Å². The van der Waals surface area contributed by atoms with Gasteiger partial charge in [-0.2, -0.15) is 0 Å². The molecule has 0 amide bonds. The van der Waals surface area contributed by atoms with Gasteiger partial charge in [0, 0.05) is 11.9 Å². The van der Waals surface area contributed by atoms with E-state index in [1.807, 2.05) is 12.1 Å². The molecule has 0 spiro atoms. The van der Waals surface area contributed by atoms with Crippen molar-refractivity contribution in [2.75, 3.05) is 10.6 Å². The van der Waals surface area contributed by atoms with Crippen LogP contribution in [0.2, 0.25) is 0 Å². The van der Waals surface area contributed by atoms with Gasteiger partial charge in [0.1, 0.15) is 5.75 Å². The SMILES string of the molecule is Oc1ccc(NC(=S)Nc2cccnc2)cc1. The van der Waals surface area contributed by atoms with Crippen molar-refractivity contribution in [1.29, 1.82) is 0 Å². The Labute approximate surface area is 104 Å². The number of aromatic nitrogens is 1. The molecule has 0 fully saturated rings. The third-order valence-corrected chi connectivity index (χ3v) is 2.25. The molecule has 2 aromatic rings. The van der Waals surface area contributed by atoms with E-state index >= 15 is 0 Å². The smallest absolute Gasteiger partial charge is 0.175 e. The molecule has 1 heterocycles. The molecule has 5 heteroatoms. The van der Waals surface area contributed by atoms with Crippen molar-refractivity contribution in [3.8, 4) is 5.75 Å². The average molecular weight is 245 g/mol. The number of aromatic hydroxyl groups is 1. The molecule has 17 heavy (non-hydrogen) atoms. The summed E-state index contributed by atoms with van der Waals surface area (Å²) in [6.45, 7) is 0. The van der Waals surface area contributed by atoms with Crippen LogP contribution in [-0.2, 0) is 0 Å². The summed E-state index contributed by atoms with van der Waals surface area (Å²) < 4.78 is 0. The zero-order valence-electron chi connectivity index (χ0n) is 8.92. The van der Waals surface area contributed by atoms with E-state index < -0.39 is 0 Å². The Kier molecular flexibility index (Phi) is 3.52. The maximum Gasteiger partial charge on any atom is 0.175 e. The first-order valence-electron chi connectivity index (χ1n) is 5.01. The maximum absolute atomic E-state index is 9.14. The number of phenolic OH excluding ortho intramolecular Hbond substituents is 1. The third kappa shape index (κ3) is 3.42. The van der Waals surface area contributed by atoms with Gasteiger partial charge in [0.25, 0.3) is 0 Å². The molecule has 0 unspecified atom stereocenters. The van der Waals surface area contributed by atoms with Gasteiger partial charge in [0.2, 0.25) is 0 Å². The molecule has 86 valence electrons. The summed E-state index contributed by atoms with van der Waals surface area (Å²) >= 11 is 5.14. The lowest BCUT2D eigenvalue weighted by atomic mass is 10.3. The van der Waals surface area contributed by atoms with Crippen molar-refractivity contribution in [3.05, 3.63) is 48.8 Å². The summed E-state index contributed by atoms with van der Waals surface area (Å²) in [5, 5.41) is 15.6. The summed E-state index contributed by atoms with van der Waals surface area (Å²) in [5.41, 5.74) is 1.63. The molecule has 0 saturated carbocycles. The highest BCUT2D eigenvalue weighted by Gasteiger charge is 1.98. The summed E-state index contributed by atoms with van der Waals surface area (Å²) in [6, 6.07) is 10.4. The van der Waals surface area contributed by atoms with Crippen LogP contribution >= 0.6 is 12.2 Å². The number of anilines is 2. The molecule has 1 aromatic heterocycles. The van der Waals surface area contributed by atoms with Crippen LogP contribution in [-0.4, -0.2) is 15.2 Å². The fourth-order valence-electron chi connectivity index (χ4n) is 1.27. The van der Waals surface area contributed by atoms with E-state index in [2.05, 4.69) is 15.6 Å². The number of rotatable bonds is 2. The fourth-order valence-corrected chi connectivity index (χ4v) is 1.51. The van der Waals surface area contributed by atoms with Crippen LogP contribution in [0.4, 0.5) is 11.4 Å². The Morgan fingerprint density at radius 1 is 1.06 bits per heavy atom. The van der Waals surface area contributed by atoms with Crippen molar-refractivity contribution in [3.63, 3.8) is 0 Å².